The molecule has 2 aromatic rings. The molecular weight excluding hydrogens is 350 g/mol. The molecule has 1 heterocycles. The summed E-state index contributed by atoms with van der Waals surface area (Å²) in [6.45, 7) is -1.19. The average Bonchev–Trinajstić information content (AvgIpc) is 2.94. The molecule has 5 nitrogen and oxygen atoms in total. The van der Waals surface area contributed by atoms with Gasteiger partial charge in [-0.15, -0.1) is 11.3 Å². The van der Waals surface area contributed by atoms with Crippen molar-refractivity contribution >= 4 is 22.9 Å². The molecular formula is C14H13F4N3O2S. The van der Waals surface area contributed by atoms with Gasteiger partial charge in [0.15, 0.2) is 6.61 Å². The molecule has 1 amide bonds. The number of aromatic nitrogens is 1. The summed E-state index contributed by atoms with van der Waals surface area (Å²) in [6.07, 6.45) is -4.06. The number of hydrogen-bond donors (Lipinski definition) is 2. The number of alkyl halides is 3. The van der Waals surface area contributed by atoms with Gasteiger partial charge in [-0.25, -0.2) is 9.37 Å². The smallest absolute Gasteiger partial charge is 0.422 e. The van der Waals surface area contributed by atoms with Crippen LogP contribution in [0.3, 0.4) is 0 Å². The number of rotatable bonds is 6. The van der Waals surface area contributed by atoms with E-state index in [9.17, 15) is 22.4 Å². The van der Waals surface area contributed by atoms with Crippen LogP contribution in [0.15, 0.2) is 23.6 Å². The third-order valence-corrected chi connectivity index (χ3v) is 3.63. The molecule has 1 aromatic carbocycles. The van der Waals surface area contributed by atoms with Crippen LogP contribution in [0.2, 0.25) is 0 Å². The number of benzene rings is 1. The van der Waals surface area contributed by atoms with Gasteiger partial charge in [0.25, 0.3) is 5.91 Å². The highest BCUT2D eigenvalue weighted by atomic mass is 32.1. The molecule has 10 heteroatoms. The maximum Gasteiger partial charge on any atom is 0.422 e. The zero-order valence-electron chi connectivity index (χ0n) is 12.2. The molecule has 3 N–H and O–H groups in total. The summed E-state index contributed by atoms with van der Waals surface area (Å²) in [5, 5.41) is 4.43. The van der Waals surface area contributed by atoms with Crippen molar-refractivity contribution in [1.29, 1.82) is 0 Å². The molecule has 0 radical (unpaired) electrons. The predicted octanol–water partition coefficient (Wildman–Crippen LogP) is 2.98. The number of ether oxygens (including phenoxy) is 1. The number of nitrogens with zero attached hydrogens (tertiary/aromatic N) is 1. The van der Waals surface area contributed by atoms with Crippen LogP contribution in [0, 0.1) is 5.82 Å². The first-order valence-electron chi connectivity index (χ1n) is 6.73. The van der Waals surface area contributed by atoms with Crippen LogP contribution >= 0.6 is 11.3 Å². The van der Waals surface area contributed by atoms with Crippen molar-refractivity contribution in [2.45, 2.75) is 12.6 Å². The number of carbonyl (C=O) groups is 1. The first-order valence-corrected chi connectivity index (χ1v) is 7.61. The van der Waals surface area contributed by atoms with Crippen LogP contribution in [0.1, 0.15) is 15.5 Å². The Balaban J connectivity index is 2.14. The Morgan fingerprint density at radius 3 is 2.79 bits per heavy atom. The molecule has 1 aromatic heterocycles. The molecule has 0 aliphatic carbocycles. The summed E-state index contributed by atoms with van der Waals surface area (Å²) in [5.41, 5.74) is 5.24. The third kappa shape index (κ3) is 5.17. The maximum atomic E-state index is 13.3. The van der Waals surface area contributed by atoms with Gasteiger partial charge in [-0.05, 0) is 18.7 Å². The largest absolute Gasteiger partial charge is 0.482 e. The lowest BCUT2D eigenvalue weighted by Crippen LogP contribution is -2.20. The topological polar surface area (TPSA) is 77.2 Å². The minimum absolute atomic E-state index is 0.0643. The lowest BCUT2D eigenvalue weighted by atomic mass is 10.2. The monoisotopic (exact) mass is 363 g/mol. The number of thiazole rings is 1. The summed E-state index contributed by atoms with van der Waals surface area (Å²) >= 11 is 1.23. The lowest BCUT2D eigenvalue weighted by molar-refractivity contribution is -0.153. The van der Waals surface area contributed by atoms with E-state index in [-0.39, 0.29) is 17.1 Å². The van der Waals surface area contributed by atoms with E-state index >= 15 is 0 Å². The fourth-order valence-electron chi connectivity index (χ4n) is 1.73. The van der Waals surface area contributed by atoms with Crippen molar-refractivity contribution in [1.82, 2.24) is 4.98 Å². The summed E-state index contributed by atoms with van der Waals surface area (Å²) < 4.78 is 54.7. The zero-order valence-corrected chi connectivity index (χ0v) is 13.0. The fraction of sp³-hybridized carbons (Fsp3) is 0.286. The Morgan fingerprint density at radius 2 is 2.12 bits per heavy atom. The molecule has 0 atom stereocenters. The van der Waals surface area contributed by atoms with Crippen molar-refractivity contribution in [2.24, 2.45) is 5.73 Å². The van der Waals surface area contributed by atoms with Crippen LogP contribution in [0.4, 0.5) is 23.2 Å². The quantitative estimate of drug-likeness (QED) is 0.774. The molecule has 130 valence electrons. The standard InChI is InChI=1S/C14H13F4N3O2S/c15-8-1-2-11(23-7-14(16,17)18)9(5-8)21-13(22)10-6-24-12(20-10)3-4-19/h1-2,5-6H,3-4,7,19H2,(H,21,22). The van der Waals surface area contributed by atoms with Crippen molar-refractivity contribution in [3.05, 3.63) is 40.1 Å². The molecule has 0 saturated carbocycles. The highest BCUT2D eigenvalue weighted by Gasteiger charge is 2.29. The Labute approximate surface area is 138 Å². The van der Waals surface area contributed by atoms with E-state index in [0.717, 1.165) is 18.2 Å². The van der Waals surface area contributed by atoms with Crippen molar-refractivity contribution in [2.75, 3.05) is 18.5 Å². The predicted molar refractivity (Wildman–Crippen MR) is 80.8 cm³/mol. The zero-order chi connectivity index (χ0) is 17.7. The van der Waals surface area contributed by atoms with Crippen LogP contribution in [-0.4, -0.2) is 30.2 Å². The van der Waals surface area contributed by atoms with E-state index in [1.807, 2.05) is 0 Å². The first-order chi connectivity index (χ1) is 11.3. The number of nitrogens with one attached hydrogen (secondary N) is 1. The number of amides is 1. The molecule has 2 rings (SSSR count). The lowest BCUT2D eigenvalue weighted by Gasteiger charge is -2.13. The Hall–Kier alpha value is -2.20. The van der Waals surface area contributed by atoms with Crippen molar-refractivity contribution < 1.29 is 27.1 Å². The average molecular weight is 363 g/mol. The number of nitrogens with two attached hydrogens (primary N) is 1. The SMILES string of the molecule is NCCc1nc(C(=O)Nc2cc(F)ccc2OCC(F)(F)F)cs1. The number of carbonyl (C=O) groups excluding carboxylic acids is 1. The van der Waals surface area contributed by atoms with E-state index in [0.29, 0.717) is 18.0 Å². The number of halogens is 4. The van der Waals surface area contributed by atoms with Crippen LogP contribution in [0.5, 0.6) is 5.75 Å². The minimum Gasteiger partial charge on any atom is -0.482 e. The van der Waals surface area contributed by atoms with Crippen LogP contribution in [0.25, 0.3) is 0 Å². The van der Waals surface area contributed by atoms with Gasteiger partial charge in [0.2, 0.25) is 0 Å². The third-order valence-electron chi connectivity index (χ3n) is 2.72. The van der Waals surface area contributed by atoms with Crippen molar-refractivity contribution in [3.8, 4) is 5.75 Å². The highest BCUT2D eigenvalue weighted by Crippen LogP contribution is 2.28. The van der Waals surface area contributed by atoms with Gasteiger partial charge in [-0.3, -0.25) is 4.79 Å². The summed E-state index contributed by atoms with van der Waals surface area (Å²) in [4.78, 5) is 16.1. The molecule has 24 heavy (non-hydrogen) atoms. The molecule has 0 bridgehead atoms. The summed E-state index contributed by atoms with van der Waals surface area (Å²) in [7, 11) is 0. The first kappa shape index (κ1) is 18.1. The molecule has 0 spiro atoms. The van der Waals surface area contributed by atoms with Gasteiger partial charge in [0.05, 0.1) is 10.7 Å². The van der Waals surface area contributed by atoms with Crippen LogP contribution in [-0.2, 0) is 6.42 Å². The second-order valence-electron chi connectivity index (χ2n) is 4.66. The van der Waals surface area contributed by atoms with Gasteiger partial charge in [0.1, 0.15) is 17.3 Å². The minimum atomic E-state index is -4.55. The molecule has 0 aliphatic heterocycles. The Kier molecular flexibility index (Phi) is 5.73. The van der Waals surface area contributed by atoms with E-state index in [2.05, 4.69) is 15.0 Å². The number of hydrogen-bond acceptors (Lipinski definition) is 5. The Morgan fingerprint density at radius 1 is 1.38 bits per heavy atom. The number of anilines is 1. The molecule has 0 unspecified atom stereocenters. The van der Waals surface area contributed by atoms with Crippen molar-refractivity contribution in [3.63, 3.8) is 0 Å². The van der Waals surface area contributed by atoms with Gasteiger partial charge >= 0.3 is 6.18 Å². The second-order valence-corrected chi connectivity index (χ2v) is 5.61. The summed E-state index contributed by atoms with van der Waals surface area (Å²) in [5.74, 6) is -1.71. The van der Waals surface area contributed by atoms with Gasteiger partial charge in [-0.1, -0.05) is 0 Å². The second kappa shape index (κ2) is 7.58. The Bertz CT molecular complexity index is 718. The van der Waals surface area contributed by atoms with Crippen LogP contribution < -0.4 is 15.8 Å². The van der Waals surface area contributed by atoms with E-state index in [1.165, 1.54) is 16.7 Å². The van der Waals surface area contributed by atoms with Gasteiger partial charge < -0.3 is 15.8 Å². The van der Waals surface area contributed by atoms with E-state index in [1.54, 1.807) is 0 Å². The summed E-state index contributed by atoms with van der Waals surface area (Å²) in [6, 6.07) is 2.82. The molecule has 0 aliphatic rings. The van der Waals surface area contributed by atoms with Gasteiger partial charge in [-0.2, -0.15) is 13.2 Å². The normalized spacial score (nSPS) is 11.4. The molecule has 0 fully saturated rings. The fourth-order valence-corrected chi connectivity index (χ4v) is 2.52. The molecule has 0 saturated heterocycles. The van der Waals surface area contributed by atoms with E-state index in [4.69, 9.17) is 5.73 Å². The van der Waals surface area contributed by atoms with E-state index < -0.39 is 24.5 Å². The highest BCUT2D eigenvalue weighted by molar-refractivity contribution is 7.09. The maximum absolute atomic E-state index is 13.3. The van der Waals surface area contributed by atoms with Gasteiger partial charge in [0, 0.05) is 17.9 Å².